The van der Waals surface area contributed by atoms with Gasteiger partial charge in [0, 0.05) is 0 Å². The predicted octanol–water partition coefficient (Wildman–Crippen LogP) is 2.92. The van der Waals surface area contributed by atoms with Crippen LogP contribution in [0.4, 0.5) is 0 Å². The maximum absolute atomic E-state index is 6.24. The molecule has 0 spiro atoms. The molecule has 0 saturated carbocycles. The molecule has 0 bridgehead atoms. The third kappa shape index (κ3) is 2.06. The highest BCUT2D eigenvalue weighted by atomic mass is 16.5. The van der Waals surface area contributed by atoms with Gasteiger partial charge in [-0.05, 0) is 32.8 Å². The lowest BCUT2D eigenvalue weighted by Gasteiger charge is -2.21. The SMILES string of the molecule is CCC(N)(CC)c1noc(-c2cc(C)oc2C)n1. The van der Waals surface area contributed by atoms with Crippen molar-refractivity contribution in [3.63, 3.8) is 0 Å². The summed E-state index contributed by atoms with van der Waals surface area (Å²) >= 11 is 0. The van der Waals surface area contributed by atoms with Crippen LogP contribution in [0.25, 0.3) is 11.5 Å². The number of furan rings is 1. The Morgan fingerprint density at radius 1 is 1.28 bits per heavy atom. The summed E-state index contributed by atoms with van der Waals surface area (Å²) in [7, 11) is 0. The summed E-state index contributed by atoms with van der Waals surface area (Å²) in [4.78, 5) is 4.41. The summed E-state index contributed by atoms with van der Waals surface area (Å²) < 4.78 is 10.8. The second-order valence-electron chi connectivity index (χ2n) is 4.61. The smallest absolute Gasteiger partial charge is 0.261 e. The second kappa shape index (κ2) is 4.57. The molecular formula is C13H19N3O2. The van der Waals surface area contributed by atoms with E-state index in [0.717, 1.165) is 29.9 Å². The Labute approximate surface area is 106 Å². The molecule has 5 nitrogen and oxygen atoms in total. The molecule has 0 aromatic carbocycles. The molecule has 98 valence electrons. The highest BCUT2D eigenvalue weighted by Gasteiger charge is 2.29. The lowest BCUT2D eigenvalue weighted by molar-refractivity contribution is 0.350. The highest BCUT2D eigenvalue weighted by Crippen LogP contribution is 2.28. The Morgan fingerprint density at radius 3 is 2.44 bits per heavy atom. The van der Waals surface area contributed by atoms with Crippen molar-refractivity contribution < 1.29 is 8.94 Å². The third-order valence-electron chi connectivity index (χ3n) is 3.40. The fourth-order valence-corrected chi connectivity index (χ4v) is 1.94. The first-order chi connectivity index (χ1) is 8.50. The normalized spacial score (nSPS) is 12.1. The maximum Gasteiger partial charge on any atom is 0.261 e. The maximum atomic E-state index is 6.24. The number of nitrogens with two attached hydrogens (primary N) is 1. The lowest BCUT2D eigenvalue weighted by Crippen LogP contribution is -2.36. The molecule has 0 aliphatic carbocycles. The van der Waals surface area contributed by atoms with Gasteiger partial charge < -0.3 is 14.7 Å². The molecule has 0 amide bonds. The first kappa shape index (κ1) is 12.8. The summed E-state index contributed by atoms with van der Waals surface area (Å²) in [6.07, 6.45) is 1.54. The van der Waals surface area contributed by atoms with Crippen molar-refractivity contribution in [2.45, 2.75) is 46.1 Å². The largest absolute Gasteiger partial charge is 0.466 e. The van der Waals surface area contributed by atoms with Gasteiger partial charge in [0.25, 0.3) is 5.89 Å². The van der Waals surface area contributed by atoms with Crippen LogP contribution in [0.2, 0.25) is 0 Å². The van der Waals surface area contributed by atoms with Crippen LogP contribution in [0.1, 0.15) is 44.0 Å². The molecule has 0 unspecified atom stereocenters. The van der Waals surface area contributed by atoms with Crippen LogP contribution in [0.5, 0.6) is 0 Å². The van der Waals surface area contributed by atoms with E-state index >= 15 is 0 Å². The van der Waals surface area contributed by atoms with E-state index in [1.54, 1.807) is 0 Å². The highest BCUT2D eigenvalue weighted by molar-refractivity contribution is 5.56. The van der Waals surface area contributed by atoms with Crippen molar-refractivity contribution >= 4 is 0 Å². The van der Waals surface area contributed by atoms with Crippen LogP contribution in [-0.4, -0.2) is 10.1 Å². The van der Waals surface area contributed by atoms with Gasteiger partial charge in [0.15, 0.2) is 5.82 Å². The van der Waals surface area contributed by atoms with Crippen molar-refractivity contribution in [1.82, 2.24) is 10.1 Å². The van der Waals surface area contributed by atoms with Crippen molar-refractivity contribution in [2.75, 3.05) is 0 Å². The standard InChI is InChI=1S/C13H19N3O2/c1-5-13(14,6-2)12-15-11(18-16-12)10-7-8(3)17-9(10)4/h7H,5-6,14H2,1-4H3. The van der Waals surface area contributed by atoms with Crippen molar-refractivity contribution in [1.29, 1.82) is 0 Å². The molecule has 0 aliphatic heterocycles. The Balaban J connectivity index is 2.39. The number of rotatable bonds is 4. The van der Waals surface area contributed by atoms with Gasteiger partial charge in [-0.2, -0.15) is 4.98 Å². The van der Waals surface area contributed by atoms with Gasteiger partial charge in [0.2, 0.25) is 0 Å². The van der Waals surface area contributed by atoms with Gasteiger partial charge in [0.1, 0.15) is 11.5 Å². The zero-order chi connectivity index (χ0) is 13.3. The molecule has 2 rings (SSSR count). The zero-order valence-corrected chi connectivity index (χ0v) is 11.3. The minimum absolute atomic E-state index is 0.469. The number of hydrogen-bond donors (Lipinski definition) is 1. The Hall–Kier alpha value is -1.62. The van der Waals surface area contributed by atoms with Crippen LogP contribution < -0.4 is 5.73 Å². The molecule has 0 aliphatic rings. The molecule has 0 saturated heterocycles. The van der Waals surface area contributed by atoms with Gasteiger partial charge in [-0.1, -0.05) is 19.0 Å². The third-order valence-corrected chi connectivity index (χ3v) is 3.40. The van der Waals surface area contributed by atoms with E-state index in [9.17, 15) is 0 Å². The topological polar surface area (TPSA) is 78.1 Å². The molecule has 2 N–H and O–H groups in total. The quantitative estimate of drug-likeness (QED) is 0.901. The summed E-state index contributed by atoms with van der Waals surface area (Å²) in [6, 6.07) is 1.89. The zero-order valence-electron chi connectivity index (χ0n) is 11.3. The molecular weight excluding hydrogens is 230 g/mol. The number of hydrogen-bond acceptors (Lipinski definition) is 5. The summed E-state index contributed by atoms with van der Waals surface area (Å²) in [5, 5.41) is 4.00. The molecule has 0 radical (unpaired) electrons. The van der Waals surface area contributed by atoms with Crippen LogP contribution in [0.3, 0.4) is 0 Å². The van der Waals surface area contributed by atoms with Crippen molar-refractivity contribution in [2.24, 2.45) is 5.73 Å². The average Bonchev–Trinajstić information content (AvgIpc) is 2.95. The molecule has 0 atom stereocenters. The van der Waals surface area contributed by atoms with Crippen LogP contribution >= 0.6 is 0 Å². The van der Waals surface area contributed by atoms with Crippen molar-refractivity contribution in [3.8, 4) is 11.5 Å². The van der Waals surface area contributed by atoms with Crippen molar-refractivity contribution in [3.05, 3.63) is 23.4 Å². The van der Waals surface area contributed by atoms with E-state index in [-0.39, 0.29) is 0 Å². The first-order valence-electron chi connectivity index (χ1n) is 6.20. The van der Waals surface area contributed by atoms with Gasteiger partial charge in [-0.3, -0.25) is 0 Å². The Kier molecular flexibility index (Phi) is 3.26. The molecule has 2 aromatic heterocycles. The Morgan fingerprint density at radius 2 is 1.94 bits per heavy atom. The number of nitrogens with zero attached hydrogens (tertiary/aromatic N) is 2. The molecule has 0 fully saturated rings. The average molecular weight is 249 g/mol. The summed E-state index contributed by atoms with van der Waals surface area (Å²) in [6.45, 7) is 7.81. The van der Waals surface area contributed by atoms with Gasteiger partial charge in [0.05, 0.1) is 11.1 Å². The van der Waals surface area contributed by atoms with Gasteiger partial charge >= 0.3 is 0 Å². The van der Waals surface area contributed by atoms with E-state index in [1.807, 2.05) is 33.8 Å². The molecule has 5 heteroatoms. The number of aryl methyl sites for hydroxylation is 2. The van der Waals surface area contributed by atoms with Crippen LogP contribution in [0.15, 0.2) is 15.0 Å². The molecule has 2 aromatic rings. The first-order valence-corrected chi connectivity index (χ1v) is 6.20. The lowest BCUT2D eigenvalue weighted by atomic mass is 9.93. The molecule has 18 heavy (non-hydrogen) atoms. The number of aromatic nitrogens is 2. The Bertz CT molecular complexity index is 538. The fraction of sp³-hybridized carbons (Fsp3) is 0.538. The summed E-state index contributed by atoms with van der Waals surface area (Å²) in [5.74, 6) is 2.63. The minimum atomic E-state index is -0.519. The van der Waals surface area contributed by atoms with E-state index in [4.69, 9.17) is 14.7 Å². The van der Waals surface area contributed by atoms with Gasteiger partial charge in [-0.15, -0.1) is 0 Å². The van der Waals surface area contributed by atoms with E-state index in [0.29, 0.717) is 11.7 Å². The minimum Gasteiger partial charge on any atom is -0.466 e. The fourth-order valence-electron chi connectivity index (χ4n) is 1.94. The summed E-state index contributed by atoms with van der Waals surface area (Å²) in [5.41, 5.74) is 6.56. The van der Waals surface area contributed by atoms with Crippen LogP contribution in [0, 0.1) is 13.8 Å². The second-order valence-corrected chi connectivity index (χ2v) is 4.61. The predicted molar refractivity (Wildman–Crippen MR) is 67.9 cm³/mol. The van der Waals surface area contributed by atoms with Gasteiger partial charge in [-0.25, -0.2) is 0 Å². The van der Waals surface area contributed by atoms with Crippen LogP contribution in [-0.2, 0) is 5.54 Å². The van der Waals surface area contributed by atoms with E-state index in [2.05, 4.69) is 10.1 Å². The monoisotopic (exact) mass is 249 g/mol. The molecule has 2 heterocycles. The van der Waals surface area contributed by atoms with E-state index < -0.39 is 5.54 Å². The van der Waals surface area contributed by atoms with E-state index in [1.165, 1.54) is 0 Å².